The van der Waals surface area contributed by atoms with Gasteiger partial charge in [-0.3, -0.25) is 4.79 Å². The largest absolute Gasteiger partial charge is 0.465 e. The summed E-state index contributed by atoms with van der Waals surface area (Å²) in [4.78, 5) is 13.5. The van der Waals surface area contributed by atoms with Crippen LogP contribution >= 0.6 is 0 Å². The highest BCUT2D eigenvalue weighted by Crippen LogP contribution is 2.16. The molecule has 1 unspecified atom stereocenters. The van der Waals surface area contributed by atoms with Crippen molar-refractivity contribution in [3.8, 4) is 0 Å². The number of hydrogen-bond acceptors (Lipinski definition) is 4. The van der Waals surface area contributed by atoms with Crippen LogP contribution in [0.25, 0.3) is 0 Å². The van der Waals surface area contributed by atoms with E-state index >= 15 is 0 Å². The van der Waals surface area contributed by atoms with Gasteiger partial charge in [-0.05, 0) is 40.7 Å². The van der Waals surface area contributed by atoms with Crippen molar-refractivity contribution in [2.24, 2.45) is 5.73 Å². The fourth-order valence-electron chi connectivity index (χ4n) is 1.27. The van der Waals surface area contributed by atoms with Crippen LogP contribution < -0.4 is 5.73 Å². The summed E-state index contributed by atoms with van der Waals surface area (Å²) in [7, 11) is 2.06. The first-order chi connectivity index (χ1) is 7.35. The number of rotatable bonds is 7. The highest BCUT2D eigenvalue weighted by atomic mass is 16.5. The van der Waals surface area contributed by atoms with E-state index in [0.717, 1.165) is 13.0 Å². The average molecular weight is 230 g/mol. The van der Waals surface area contributed by atoms with Crippen molar-refractivity contribution in [2.45, 2.75) is 52.1 Å². The third kappa shape index (κ3) is 4.94. The van der Waals surface area contributed by atoms with E-state index in [1.807, 2.05) is 0 Å². The van der Waals surface area contributed by atoms with E-state index in [9.17, 15) is 4.79 Å². The van der Waals surface area contributed by atoms with Crippen molar-refractivity contribution in [3.05, 3.63) is 0 Å². The minimum atomic E-state index is -0.505. The van der Waals surface area contributed by atoms with Crippen LogP contribution in [0.3, 0.4) is 0 Å². The van der Waals surface area contributed by atoms with E-state index in [-0.39, 0.29) is 11.5 Å². The van der Waals surface area contributed by atoms with Crippen molar-refractivity contribution >= 4 is 5.97 Å². The number of nitrogens with two attached hydrogens (primary N) is 1. The van der Waals surface area contributed by atoms with E-state index in [1.165, 1.54) is 0 Å². The molecule has 0 aromatic rings. The molecule has 0 rings (SSSR count). The van der Waals surface area contributed by atoms with Gasteiger partial charge in [0.25, 0.3) is 0 Å². The highest BCUT2D eigenvalue weighted by molar-refractivity contribution is 5.75. The van der Waals surface area contributed by atoms with E-state index in [1.54, 1.807) is 6.92 Å². The van der Waals surface area contributed by atoms with Crippen LogP contribution in [0.5, 0.6) is 0 Å². The third-order valence-electron chi connectivity index (χ3n) is 3.26. The SMILES string of the molecule is CCOC(=O)C(N)CCN(C)C(C)(C)CC. The Morgan fingerprint density at radius 1 is 1.44 bits per heavy atom. The minimum Gasteiger partial charge on any atom is -0.465 e. The maximum atomic E-state index is 11.3. The summed E-state index contributed by atoms with van der Waals surface area (Å²) in [5.74, 6) is -0.301. The number of nitrogens with zero attached hydrogens (tertiary/aromatic N) is 1. The summed E-state index contributed by atoms with van der Waals surface area (Å²) in [5.41, 5.74) is 5.88. The zero-order valence-corrected chi connectivity index (χ0v) is 11.2. The van der Waals surface area contributed by atoms with E-state index < -0.39 is 6.04 Å². The molecule has 0 aromatic heterocycles. The van der Waals surface area contributed by atoms with Crippen LogP contribution in [0.2, 0.25) is 0 Å². The predicted octanol–water partition coefficient (Wildman–Crippen LogP) is 1.39. The van der Waals surface area contributed by atoms with Crippen molar-refractivity contribution in [2.75, 3.05) is 20.2 Å². The van der Waals surface area contributed by atoms with Gasteiger partial charge in [-0.25, -0.2) is 0 Å². The lowest BCUT2D eigenvalue weighted by atomic mass is 9.99. The van der Waals surface area contributed by atoms with E-state index in [4.69, 9.17) is 10.5 Å². The molecule has 0 aliphatic rings. The van der Waals surface area contributed by atoms with Crippen LogP contribution in [0.1, 0.15) is 40.5 Å². The monoisotopic (exact) mass is 230 g/mol. The molecule has 96 valence electrons. The smallest absolute Gasteiger partial charge is 0.322 e. The molecule has 0 spiro atoms. The van der Waals surface area contributed by atoms with Crippen molar-refractivity contribution in [1.82, 2.24) is 4.90 Å². The molecule has 0 aliphatic heterocycles. The van der Waals surface area contributed by atoms with Gasteiger partial charge in [0.15, 0.2) is 0 Å². The molecule has 1 atom stereocenters. The second-order valence-electron chi connectivity index (χ2n) is 4.73. The molecule has 0 saturated carbocycles. The van der Waals surface area contributed by atoms with Gasteiger partial charge in [-0.15, -0.1) is 0 Å². The van der Waals surface area contributed by atoms with Crippen LogP contribution in [-0.4, -0.2) is 42.6 Å². The molecule has 16 heavy (non-hydrogen) atoms. The molecule has 2 N–H and O–H groups in total. The molecule has 0 bridgehead atoms. The summed E-state index contributed by atoms with van der Waals surface area (Å²) in [6.45, 7) is 9.51. The first-order valence-corrected chi connectivity index (χ1v) is 5.98. The van der Waals surface area contributed by atoms with E-state index in [2.05, 4.69) is 32.7 Å². The minimum absolute atomic E-state index is 0.147. The van der Waals surface area contributed by atoms with Crippen LogP contribution in [0, 0.1) is 0 Å². The van der Waals surface area contributed by atoms with Gasteiger partial charge in [-0.1, -0.05) is 6.92 Å². The molecule has 0 heterocycles. The van der Waals surface area contributed by atoms with Gasteiger partial charge in [0.2, 0.25) is 0 Å². The Bertz CT molecular complexity index is 217. The number of hydrogen-bond donors (Lipinski definition) is 1. The molecular formula is C12H26N2O2. The van der Waals surface area contributed by atoms with Gasteiger partial charge in [-0.2, -0.15) is 0 Å². The lowest BCUT2D eigenvalue weighted by molar-refractivity contribution is -0.145. The van der Waals surface area contributed by atoms with Gasteiger partial charge >= 0.3 is 5.97 Å². The second kappa shape index (κ2) is 6.86. The van der Waals surface area contributed by atoms with Crippen molar-refractivity contribution in [1.29, 1.82) is 0 Å². The Morgan fingerprint density at radius 3 is 2.44 bits per heavy atom. The average Bonchev–Trinajstić information content (AvgIpc) is 2.25. The Kier molecular flexibility index (Phi) is 6.60. The number of carbonyl (C=O) groups excluding carboxylic acids is 1. The summed E-state index contributed by atoms with van der Waals surface area (Å²) >= 11 is 0. The molecule has 0 radical (unpaired) electrons. The quantitative estimate of drug-likeness (QED) is 0.671. The van der Waals surface area contributed by atoms with Crippen LogP contribution in [0.15, 0.2) is 0 Å². The highest BCUT2D eigenvalue weighted by Gasteiger charge is 2.22. The molecule has 4 nitrogen and oxygen atoms in total. The van der Waals surface area contributed by atoms with Gasteiger partial charge in [0, 0.05) is 12.1 Å². The van der Waals surface area contributed by atoms with Gasteiger partial charge in [0.1, 0.15) is 6.04 Å². The van der Waals surface area contributed by atoms with Gasteiger partial charge in [0.05, 0.1) is 6.61 Å². The maximum absolute atomic E-state index is 11.3. The first kappa shape index (κ1) is 15.4. The van der Waals surface area contributed by atoms with Crippen molar-refractivity contribution in [3.63, 3.8) is 0 Å². The van der Waals surface area contributed by atoms with Crippen molar-refractivity contribution < 1.29 is 9.53 Å². The topological polar surface area (TPSA) is 55.6 Å². The van der Waals surface area contributed by atoms with E-state index in [0.29, 0.717) is 13.0 Å². The molecule has 0 aliphatic carbocycles. The Labute approximate surface area is 99.1 Å². The first-order valence-electron chi connectivity index (χ1n) is 5.98. The summed E-state index contributed by atoms with van der Waals surface area (Å²) < 4.78 is 4.87. The zero-order valence-electron chi connectivity index (χ0n) is 11.2. The summed E-state index contributed by atoms with van der Waals surface area (Å²) in [5, 5.41) is 0. The Hall–Kier alpha value is -0.610. The zero-order chi connectivity index (χ0) is 12.8. The number of ether oxygens (including phenoxy) is 1. The Balaban J connectivity index is 4.01. The third-order valence-corrected chi connectivity index (χ3v) is 3.26. The lowest BCUT2D eigenvalue weighted by Gasteiger charge is -2.35. The second-order valence-corrected chi connectivity index (χ2v) is 4.73. The number of carbonyl (C=O) groups is 1. The molecule has 0 saturated heterocycles. The summed E-state index contributed by atoms with van der Waals surface area (Å²) in [6.07, 6.45) is 1.71. The van der Waals surface area contributed by atoms with Crippen LogP contribution in [-0.2, 0) is 9.53 Å². The standard InChI is InChI=1S/C12H26N2O2/c1-6-12(3,4)14(5)9-8-10(13)11(15)16-7-2/h10H,6-9,13H2,1-5H3. The van der Waals surface area contributed by atoms with Gasteiger partial charge < -0.3 is 15.4 Å². The maximum Gasteiger partial charge on any atom is 0.322 e. The molecule has 4 heteroatoms. The molecular weight excluding hydrogens is 204 g/mol. The normalized spacial score (nSPS) is 13.9. The number of esters is 1. The Morgan fingerprint density at radius 2 is 2.00 bits per heavy atom. The summed E-state index contributed by atoms with van der Waals surface area (Å²) in [6, 6.07) is -0.505. The molecule has 0 aromatic carbocycles. The van der Waals surface area contributed by atoms with Crippen LogP contribution in [0.4, 0.5) is 0 Å². The fourth-order valence-corrected chi connectivity index (χ4v) is 1.27. The molecule has 0 fully saturated rings. The predicted molar refractivity (Wildman–Crippen MR) is 66.2 cm³/mol. The fraction of sp³-hybridized carbons (Fsp3) is 0.917. The lowest BCUT2D eigenvalue weighted by Crippen LogP contribution is -2.44. The molecule has 0 amide bonds.